The van der Waals surface area contributed by atoms with Crippen molar-refractivity contribution in [3.8, 4) is 0 Å². The molecule has 0 spiro atoms. The topological polar surface area (TPSA) is 34.1 Å². The molecule has 0 saturated carbocycles. The lowest BCUT2D eigenvalue weighted by molar-refractivity contribution is -0.140. The average Bonchev–Trinajstić information content (AvgIpc) is 2.93. The van der Waals surface area contributed by atoms with E-state index in [1.165, 1.54) is 33.4 Å². The first-order chi connectivity index (χ1) is 19.7. The Morgan fingerprint density at radius 3 is 2.29 bits per heavy atom. The molecule has 0 radical (unpaired) electrons. The maximum Gasteiger partial charge on any atom is 0.176 e. The van der Waals surface area contributed by atoms with Gasteiger partial charge in [-0.15, -0.1) is 0 Å². The number of Topliss-reactive ketones (excluding diaryl/α,β-unsaturated/α-hetero) is 2. The van der Waals surface area contributed by atoms with Gasteiger partial charge in [0, 0.05) is 5.41 Å². The molecule has 42 heavy (non-hydrogen) atoms. The summed E-state index contributed by atoms with van der Waals surface area (Å²) in [6, 6.07) is 17.5. The molecule has 0 heterocycles. The Kier molecular flexibility index (Phi) is 7.53. The van der Waals surface area contributed by atoms with Crippen LogP contribution in [-0.4, -0.2) is 11.6 Å². The smallest absolute Gasteiger partial charge is 0.176 e. The summed E-state index contributed by atoms with van der Waals surface area (Å²) in [6.45, 7) is 26.4. The molecule has 0 amide bonds. The third-order valence-electron chi connectivity index (χ3n) is 12.0. The van der Waals surface area contributed by atoms with Gasteiger partial charge in [-0.05, 0) is 117 Å². The Bertz CT molecular complexity index is 1570. The van der Waals surface area contributed by atoms with Crippen molar-refractivity contribution < 1.29 is 9.59 Å². The van der Waals surface area contributed by atoms with Gasteiger partial charge in [0.2, 0.25) is 0 Å². The molecule has 0 unspecified atom stereocenters. The first kappa shape index (κ1) is 30.2. The number of aryl methyl sites for hydroxylation is 2. The first-order valence-corrected chi connectivity index (χ1v) is 15.7. The largest absolute Gasteiger partial charge is 0.294 e. The SMILES string of the molecule is C=C(CC)C[C@@H]1[C@]2(C)C(=C(C)[C@@]3(C)C(=O)C(C(C)=O)=C(C)C[C@@]13C)C(=C)c1c(C)cccc1[C@H]2CCc1ccccc1. The van der Waals surface area contributed by atoms with E-state index < -0.39 is 5.41 Å². The van der Waals surface area contributed by atoms with Crippen LogP contribution in [0, 0.1) is 29.1 Å². The summed E-state index contributed by atoms with van der Waals surface area (Å²) in [4.78, 5) is 27.6. The lowest BCUT2D eigenvalue weighted by Crippen LogP contribution is -2.62. The number of rotatable bonds is 7. The van der Waals surface area contributed by atoms with Crippen LogP contribution in [0.4, 0.5) is 0 Å². The highest BCUT2D eigenvalue weighted by Crippen LogP contribution is 2.74. The van der Waals surface area contributed by atoms with E-state index in [1.807, 2.05) is 6.92 Å². The average molecular weight is 561 g/mol. The van der Waals surface area contributed by atoms with E-state index >= 15 is 0 Å². The standard InChI is InChI=1S/C40H48O2/c1-11-24(2)22-33-38(8)23-26(4)35(29(7)41)37(42)40(38,10)28(6)36-27(5)34-25(3)16-15-19-31(34)32(39(33,36)9)21-20-30-17-13-12-14-18-30/h12-19,32-33H,2,5,11,20-23H2,1,3-4,6-10H3/t32-,33+,38+,39-,40+/m1/s1. The van der Waals surface area contributed by atoms with Gasteiger partial charge in [-0.25, -0.2) is 0 Å². The van der Waals surface area contributed by atoms with Crippen LogP contribution in [0.5, 0.6) is 0 Å². The van der Waals surface area contributed by atoms with Crippen molar-refractivity contribution in [3.05, 3.63) is 112 Å². The van der Waals surface area contributed by atoms with E-state index in [1.54, 1.807) is 6.92 Å². The Labute approximate surface area is 253 Å². The molecular weight excluding hydrogens is 512 g/mol. The van der Waals surface area contributed by atoms with E-state index in [2.05, 4.69) is 96.7 Å². The monoisotopic (exact) mass is 560 g/mol. The maximum absolute atomic E-state index is 14.7. The van der Waals surface area contributed by atoms with Gasteiger partial charge in [0.1, 0.15) is 0 Å². The maximum atomic E-state index is 14.7. The normalized spacial score (nSPS) is 30.6. The molecule has 220 valence electrons. The van der Waals surface area contributed by atoms with Crippen LogP contribution < -0.4 is 0 Å². The third-order valence-corrected chi connectivity index (χ3v) is 12.0. The number of fused-ring (bicyclic) bond motifs is 3. The van der Waals surface area contributed by atoms with Crippen molar-refractivity contribution in [2.75, 3.05) is 0 Å². The Morgan fingerprint density at radius 1 is 1.00 bits per heavy atom. The van der Waals surface area contributed by atoms with E-state index in [-0.39, 0.29) is 34.2 Å². The van der Waals surface area contributed by atoms with Gasteiger partial charge in [0.25, 0.3) is 0 Å². The van der Waals surface area contributed by atoms with Gasteiger partial charge in [0.05, 0.1) is 11.0 Å². The number of carbonyl (C=O) groups is 2. The molecule has 0 fully saturated rings. The summed E-state index contributed by atoms with van der Waals surface area (Å²) in [5, 5.41) is 0. The van der Waals surface area contributed by atoms with Crippen molar-refractivity contribution in [2.24, 2.45) is 22.2 Å². The van der Waals surface area contributed by atoms with Crippen molar-refractivity contribution in [3.63, 3.8) is 0 Å². The predicted molar refractivity (Wildman–Crippen MR) is 175 cm³/mol. The summed E-state index contributed by atoms with van der Waals surface area (Å²) >= 11 is 0. The lowest BCUT2D eigenvalue weighted by atomic mass is 9.36. The van der Waals surface area contributed by atoms with Gasteiger partial charge in [0.15, 0.2) is 11.6 Å². The highest BCUT2D eigenvalue weighted by Gasteiger charge is 2.68. The lowest BCUT2D eigenvalue weighted by Gasteiger charge is -2.66. The van der Waals surface area contributed by atoms with Crippen LogP contribution >= 0.6 is 0 Å². The van der Waals surface area contributed by atoms with Crippen molar-refractivity contribution >= 4 is 17.1 Å². The number of hydrogen-bond donors (Lipinski definition) is 0. The summed E-state index contributed by atoms with van der Waals surface area (Å²) < 4.78 is 0. The number of allylic oxidation sites excluding steroid dienone is 6. The Hall–Kier alpha value is -3.26. The summed E-state index contributed by atoms with van der Waals surface area (Å²) in [5.41, 5.74) is 9.70. The predicted octanol–water partition coefficient (Wildman–Crippen LogP) is 9.94. The molecule has 2 aromatic carbocycles. The number of hydrogen-bond acceptors (Lipinski definition) is 2. The zero-order valence-corrected chi connectivity index (χ0v) is 27.0. The van der Waals surface area contributed by atoms with Gasteiger partial charge in [-0.1, -0.05) is 99.2 Å². The molecule has 0 N–H and O–H groups in total. The second kappa shape index (κ2) is 10.5. The molecule has 2 heteroatoms. The molecule has 5 atom stereocenters. The molecule has 0 aliphatic heterocycles. The highest BCUT2D eigenvalue weighted by atomic mass is 16.1. The van der Waals surface area contributed by atoms with E-state index in [0.717, 1.165) is 48.8 Å². The minimum absolute atomic E-state index is 0.00960. The highest BCUT2D eigenvalue weighted by molar-refractivity contribution is 6.23. The van der Waals surface area contributed by atoms with E-state index in [4.69, 9.17) is 6.58 Å². The van der Waals surface area contributed by atoms with Gasteiger partial charge in [-0.2, -0.15) is 0 Å². The zero-order valence-electron chi connectivity index (χ0n) is 27.0. The minimum atomic E-state index is -0.811. The molecule has 0 aromatic heterocycles. The van der Waals surface area contributed by atoms with Crippen LogP contribution in [0.15, 0.2) is 89.6 Å². The van der Waals surface area contributed by atoms with Crippen LogP contribution in [0.2, 0.25) is 0 Å². The molecule has 5 rings (SSSR count). The van der Waals surface area contributed by atoms with E-state index in [9.17, 15) is 9.59 Å². The number of benzene rings is 2. The zero-order chi connectivity index (χ0) is 30.8. The van der Waals surface area contributed by atoms with Gasteiger partial charge in [-0.3, -0.25) is 9.59 Å². The Balaban J connectivity index is 1.85. The summed E-state index contributed by atoms with van der Waals surface area (Å²) in [6.07, 6.45) is 4.47. The quantitative estimate of drug-likeness (QED) is 0.249. The van der Waals surface area contributed by atoms with Gasteiger partial charge >= 0.3 is 0 Å². The fourth-order valence-corrected chi connectivity index (χ4v) is 9.63. The second-order valence-electron chi connectivity index (χ2n) is 14.0. The fourth-order valence-electron chi connectivity index (χ4n) is 9.63. The number of carbonyl (C=O) groups excluding carboxylic acids is 2. The van der Waals surface area contributed by atoms with Crippen LogP contribution in [-0.2, 0) is 16.0 Å². The summed E-state index contributed by atoms with van der Waals surface area (Å²) in [7, 11) is 0. The van der Waals surface area contributed by atoms with Crippen molar-refractivity contribution in [1.29, 1.82) is 0 Å². The third kappa shape index (κ3) is 4.04. The molecular formula is C40H48O2. The molecule has 0 bridgehead atoms. The Morgan fingerprint density at radius 2 is 1.67 bits per heavy atom. The molecule has 3 aliphatic carbocycles. The van der Waals surface area contributed by atoms with Crippen molar-refractivity contribution in [1.82, 2.24) is 0 Å². The van der Waals surface area contributed by atoms with Crippen LogP contribution in [0.1, 0.15) is 102 Å². The fraction of sp³-hybridized carbons (Fsp3) is 0.450. The summed E-state index contributed by atoms with van der Waals surface area (Å²) in [5.74, 6) is 0.253. The second-order valence-corrected chi connectivity index (χ2v) is 14.0. The number of ketones is 2. The molecule has 0 saturated heterocycles. The van der Waals surface area contributed by atoms with Gasteiger partial charge < -0.3 is 0 Å². The van der Waals surface area contributed by atoms with Crippen LogP contribution in [0.3, 0.4) is 0 Å². The molecule has 3 aliphatic rings. The van der Waals surface area contributed by atoms with E-state index in [0.29, 0.717) is 5.57 Å². The molecule has 2 nitrogen and oxygen atoms in total. The van der Waals surface area contributed by atoms with Crippen LogP contribution in [0.25, 0.3) is 5.57 Å². The minimum Gasteiger partial charge on any atom is -0.294 e. The first-order valence-electron chi connectivity index (χ1n) is 15.7. The molecule has 2 aromatic rings. The van der Waals surface area contributed by atoms with Crippen molar-refractivity contribution in [2.45, 2.75) is 93.4 Å².